The Bertz CT molecular complexity index is 596. The molecule has 0 aliphatic heterocycles. The van der Waals surface area contributed by atoms with Crippen LogP contribution in [0.3, 0.4) is 0 Å². The van der Waals surface area contributed by atoms with E-state index in [1.807, 2.05) is 0 Å². The number of carboxylic acids is 1. The predicted molar refractivity (Wildman–Crippen MR) is 81.4 cm³/mol. The van der Waals surface area contributed by atoms with Gasteiger partial charge in [0.1, 0.15) is 0 Å². The maximum absolute atomic E-state index is 11.7. The molecule has 0 radical (unpaired) electrons. The number of rotatable bonds is 11. The zero-order chi connectivity index (χ0) is 19.2. The summed E-state index contributed by atoms with van der Waals surface area (Å²) < 4.78 is 43.2. The van der Waals surface area contributed by atoms with Crippen LogP contribution in [-0.2, 0) is 33.0 Å². The lowest BCUT2D eigenvalue weighted by Gasteiger charge is -2.30. The molecular formula is C11H22NO10PS. The van der Waals surface area contributed by atoms with Crippen molar-refractivity contribution < 1.29 is 46.2 Å². The van der Waals surface area contributed by atoms with E-state index < -0.39 is 47.8 Å². The molecule has 1 atom stereocenters. The van der Waals surface area contributed by atoms with Crippen LogP contribution in [0, 0.1) is 5.41 Å². The molecule has 0 aromatic rings. The lowest BCUT2D eigenvalue weighted by atomic mass is 9.88. The van der Waals surface area contributed by atoms with Crippen LogP contribution in [-0.4, -0.2) is 60.2 Å². The van der Waals surface area contributed by atoms with Crippen molar-refractivity contribution in [2.24, 2.45) is 5.41 Å². The smallest absolute Gasteiger partial charge is 0.470 e. The van der Waals surface area contributed by atoms with Crippen molar-refractivity contribution in [2.75, 3.05) is 18.9 Å². The third kappa shape index (κ3) is 9.96. The van der Waals surface area contributed by atoms with Crippen LogP contribution in [0.25, 0.3) is 0 Å². The monoisotopic (exact) mass is 391 g/mol. The molecule has 1 unspecified atom stereocenters. The third-order valence-corrected chi connectivity index (χ3v) is 4.48. The van der Waals surface area contributed by atoms with Crippen LogP contribution in [0.5, 0.6) is 0 Å². The molecule has 1 amide bonds. The number of nitrogens with one attached hydrogen (secondary N) is 1. The Morgan fingerprint density at radius 1 is 1.29 bits per heavy atom. The summed E-state index contributed by atoms with van der Waals surface area (Å²) in [6.07, 6.45) is -1.89. The van der Waals surface area contributed by atoms with Crippen LogP contribution >= 0.6 is 7.82 Å². The summed E-state index contributed by atoms with van der Waals surface area (Å²) in [5, 5.41) is 11.4. The molecule has 0 saturated heterocycles. The molecule has 0 spiro atoms. The van der Waals surface area contributed by atoms with Crippen molar-refractivity contribution >= 4 is 29.8 Å². The Labute approximate surface area is 139 Å². The van der Waals surface area contributed by atoms with Gasteiger partial charge in [0, 0.05) is 18.9 Å². The topological polar surface area (TPSA) is 177 Å². The Kier molecular flexibility index (Phi) is 8.50. The fourth-order valence-corrected chi connectivity index (χ4v) is 3.30. The van der Waals surface area contributed by atoms with Gasteiger partial charge in [-0.3, -0.25) is 13.5 Å². The molecule has 4 N–H and O–H groups in total. The van der Waals surface area contributed by atoms with Gasteiger partial charge in [0.05, 0.1) is 12.4 Å². The van der Waals surface area contributed by atoms with Gasteiger partial charge in [0.2, 0.25) is 5.91 Å². The first-order valence-electron chi connectivity index (χ1n) is 6.74. The first-order chi connectivity index (χ1) is 10.7. The average molecular weight is 391 g/mol. The van der Waals surface area contributed by atoms with Crippen LogP contribution < -0.4 is 5.32 Å². The van der Waals surface area contributed by atoms with Gasteiger partial charge in [-0.05, 0) is 6.42 Å². The number of phosphoric acid groups is 1. The van der Waals surface area contributed by atoms with Crippen LogP contribution in [0.1, 0.15) is 27.2 Å². The second kappa shape index (κ2) is 8.88. The molecule has 142 valence electrons. The fourth-order valence-electron chi connectivity index (χ4n) is 1.55. The molecule has 13 heteroatoms. The number of amides is 1. The summed E-state index contributed by atoms with van der Waals surface area (Å²) in [5.41, 5.74) is -1.54. The molecule has 0 aromatic heterocycles. The maximum Gasteiger partial charge on any atom is 0.470 e. The fraction of sp³-hybridized carbons (Fsp3) is 0.818. The minimum atomic E-state index is -5.09. The molecule has 0 heterocycles. The molecular weight excluding hydrogens is 369 g/mol. The van der Waals surface area contributed by atoms with E-state index in [1.54, 1.807) is 0 Å². The minimum Gasteiger partial charge on any atom is -0.479 e. The van der Waals surface area contributed by atoms with Gasteiger partial charge in [0.15, 0.2) is 6.10 Å². The lowest BCUT2D eigenvalue weighted by Crippen LogP contribution is -2.42. The standard InChI is InChI=1S/C11H22NO10PS/c1-8(13)12-5-4-6-24(19,20)21-7-11(2,3)9(10(14)15)22-23(16,17)18/h9H,4-7H2,1-3H3,(H,12,13)(H,14,15)(H2,16,17,18). The van der Waals surface area contributed by atoms with Gasteiger partial charge in [-0.2, -0.15) is 8.42 Å². The largest absolute Gasteiger partial charge is 0.479 e. The van der Waals surface area contributed by atoms with E-state index >= 15 is 0 Å². The van der Waals surface area contributed by atoms with Crippen molar-refractivity contribution in [3.8, 4) is 0 Å². The molecule has 11 nitrogen and oxygen atoms in total. The molecule has 0 bridgehead atoms. The molecule has 0 saturated carbocycles. The highest BCUT2D eigenvalue weighted by Gasteiger charge is 2.42. The first kappa shape index (κ1) is 23.0. The number of carboxylic acid groups (broad SMARTS) is 1. The highest BCUT2D eigenvalue weighted by Crippen LogP contribution is 2.42. The van der Waals surface area contributed by atoms with E-state index in [2.05, 4.69) is 9.84 Å². The van der Waals surface area contributed by atoms with Crippen molar-refractivity contribution in [1.29, 1.82) is 0 Å². The highest BCUT2D eigenvalue weighted by molar-refractivity contribution is 7.86. The van der Waals surface area contributed by atoms with Gasteiger partial charge in [-0.1, -0.05) is 13.8 Å². The number of aliphatic carboxylic acids is 1. The summed E-state index contributed by atoms with van der Waals surface area (Å²) in [4.78, 5) is 39.3. The van der Waals surface area contributed by atoms with Gasteiger partial charge < -0.3 is 20.2 Å². The minimum absolute atomic E-state index is 0.0870. The number of carbonyl (C=O) groups is 2. The molecule has 0 fully saturated rings. The van der Waals surface area contributed by atoms with Crippen LogP contribution in [0.15, 0.2) is 0 Å². The Morgan fingerprint density at radius 3 is 2.25 bits per heavy atom. The second-order valence-electron chi connectivity index (χ2n) is 5.66. The summed E-state index contributed by atoms with van der Waals surface area (Å²) >= 11 is 0. The van der Waals surface area contributed by atoms with Crippen molar-refractivity contribution in [3.63, 3.8) is 0 Å². The summed E-state index contributed by atoms with van der Waals surface area (Å²) in [6.45, 7) is 3.20. The van der Waals surface area contributed by atoms with E-state index in [9.17, 15) is 22.6 Å². The molecule has 0 rings (SSSR count). The Balaban J connectivity index is 4.74. The molecule has 24 heavy (non-hydrogen) atoms. The van der Waals surface area contributed by atoms with Crippen molar-refractivity contribution in [3.05, 3.63) is 0 Å². The predicted octanol–water partition coefficient (Wildman–Crippen LogP) is -0.552. The van der Waals surface area contributed by atoms with Crippen molar-refractivity contribution in [1.82, 2.24) is 5.32 Å². The zero-order valence-corrected chi connectivity index (χ0v) is 15.2. The third-order valence-electron chi connectivity index (χ3n) is 2.73. The van der Waals surface area contributed by atoms with E-state index in [0.717, 1.165) is 0 Å². The van der Waals surface area contributed by atoms with Crippen LogP contribution in [0.2, 0.25) is 0 Å². The zero-order valence-electron chi connectivity index (χ0n) is 13.5. The molecule has 0 aliphatic carbocycles. The maximum atomic E-state index is 11.7. The number of carbonyl (C=O) groups excluding carboxylic acids is 1. The lowest BCUT2D eigenvalue weighted by molar-refractivity contribution is -0.153. The second-order valence-corrected chi connectivity index (χ2v) is 8.61. The van der Waals surface area contributed by atoms with E-state index in [1.165, 1.54) is 20.8 Å². The molecule has 0 aromatic carbocycles. The van der Waals surface area contributed by atoms with Gasteiger partial charge in [0.25, 0.3) is 10.1 Å². The highest BCUT2D eigenvalue weighted by atomic mass is 32.2. The first-order valence-corrected chi connectivity index (χ1v) is 9.85. The quantitative estimate of drug-likeness (QED) is 0.203. The average Bonchev–Trinajstić information content (AvgIpc) is 2.38. The van der Waals surface area contributed by atoms with E-state index in [4.69, 9.17) is 19.1 Å². The summed E-state index contributed by atoms with van der Waals surface area (Å²) in [5.74, 6) is -2.40. The Morgan fingerprint density at radius 2 is 1.83 bits per heavy atom. The normalized spacial score (nSPS) is 14.2. The number of hydrogen-bond donors (Lipinski definition) is 4. The molecule has 0 aliphatic rings. The van der Waals surface area contributed by atoms with Crippen molar-refractivity contribution in [2.45, 2.75) is 33.3 Å². The van der Waals surface area contributed by atoms with E-state index in [-0.39, 0.29) is 18.9 Å². The SMILES string of the molecule is CC(=O)NCCCS(=O)(=O)OCC(C)(C)C(OP(=O)(O)O)C(=O)O. The summed E-state index contributed by atoms with van der Waals surface area (Å²) in [7, 11) is -9.10. The Hall–Kier alpha value is -1.04. The van der Waals surface area contributed by atoms with Gasteiger partial charge in [-0.25, -0.2) is 9.36 Å². The van der Waals surface area contributed by atoms with Gasteiger partial charge in [-0.15, -0.1) is 0 Å². The summed E-state index contributed by atoms with van der Waals surface area (Å²) in [6, 6.07) is 0. The van der Waals surface area contributed by atoms with Crippen LogP contribution in [0.4, 0.5) is 0 Å². The number of hydrogen-bond acceptors (Lipinski definition) is 7. The van der Waals surface area contributed by atoms with E-state index in [0.29, 0.717) is 0 Å². The number of phosphoric ester groups is 1. The van der Waals surface area contributed by atoms with Gasteiger partial charge >= 0.3 is 13.8 Å².